The Labute approximate surface area is 158 Å². The molecular weight excluding hydrogens is 332 g/mol. The van der Waals surface area contributed by atoms with E-state index in [1.807, 2.05) is 18.2 Å². The lowest BCUT2D eigenvalue weighted by Gasteiger charge is -2.17. The van der Waals surface area contributed by atoms with E-state index in [0.29, 0.717) is 25.7 Å². The molecule has 1 saturated heterocycles. The minimum atomic E-state index is -0.568. The lowest BCUT2D eigenvalue weighted by molar-refractivity contribution is -0.140. The third-order valence-electron chi connectivity index (χ3n) is 4.71. The van der Waals surface area contributed by atoms with Crippen LogP contribution in [-0.4, -0.2) is 47.7 Å². The molecule has 1 rings (SSSR count). The highest BCUT2D eigenvalue weighted by molar-refractivity contribution is 5.69. The number of esters is 1. The Bertz CT molecular complexity index is 432. The van der Waals surface area contributed by atoms with Gasteiger partial charge in [-0.25, -0.2) is 0 Å². The molecule has 0 aliphatic carbocycles. The molecule has 0 spiro atoms. The maximum atomic E-state index is 11.0. The molecule has 150 valence electrons. The number of hydrogen-bond donors (Lipinski definition) is 2. The molecule has 1 aliphatic heterocycles. The maximum Gasteiger partial charge on any atom is 0.305 e. The summed E-state index contributed by atoms with van der Waals surface area (Å²) in [4.78, 5) is 11.0. The average Bonchev–Trinajstić information content (AvgIpc) is 3.01. The van der Waals surface area contributed by atoms with Crippen LogP contribution in [0.4, 0.5) is 0 Å². The van der Waals surface area contributed by atoms with Gasteiger partial charge in [-0.15, -0.1) is 0 Å². The predicted octanol–water partition coefficient (Wildman–Crippen LogP) is 3.68. The molecule has 1 aliphatic rings. The summed E-state index contributed by atoms with van der Waals surface area (Å²) >= 11 is 0. The molecule has 0 amide bonds. The fraction of sp³-hybridized carbons (Fsp3) is 0.762. The quantitative estimate of drug-likeness (QED) is 0.295. The first-order chi connectivity index (χ1) is 12.6. The van der Waals surface area contributed by atoms with E-state index in [4.69, 9.17) is 4.74 Å². The summed E-state index contributed by atoms with van der Waals surface area (Å²) < 4.78 is 10.4. The fourth-order valence-corrected chi connectivity index (χ4v) is 3.05. The predicted molar refractivity (Wildman–Crippen MR) is 103 cm³/mol. The van der Waals surface area contributed by atoms with Crippen LogP contribution in [0.5, 0.6) is 0 Å². The highest BCUT2D eigenvalue weighted by Gasteiger charge is 2.36. The molecule has 1 fully saturated rings. The lowest BCUT2D eigenvalue weighted by atomic mass is 10.0. The van der Waals surface area contributed by atoms with Crippen LogP contribution in [0.15, 0.2) is 24.3 Å². The van der Waals surface area contributed by atoms with Gasteiger partial charge in [-0.1, -0.05) is 44.1 Å². The minimum absolute atomic E-state index is 0.191. The monoisotopic (exact) mass is 368 g/mol. The number of aliphatic hydroxyl groups excluding tert-OH is 2. The van der Waals surface area contributed by atoms with E-state index in [1.165, 1.54) is 26.4 Å². The molecule has 4 atom stereocenters. The molecule has 2 N–H and O–H groups in total. The summed E-state index contributed by atoms with van der Waals surface area (Å²) in [7, 11) is 1.39. The van der Waals surface area contributed by atoms with Crippen molar-refractivity contribution in [3.8, 4) is 0 Å². The van der Waals surface area contributed by atoms with Gasteiger partial charge in [0.2, 0.25) is 0 Å². The van der Waals surface area contributed by atoms with E-state index in [-0.39, 0.29) is 18.2 Å². The van der Waals surface area contributed by atoms with Crippen molar-refractivity contribution in [3.63, 3.8) is 0 Å². The van der Waals surface area contributed by atoms with Gasteiger partial charge in [0.05, 0.1) is 31.5 Å². The Balaban J connectivity index is 2.21. The number of rotatable bonds is 13. The first-order valence-electron chi connectivity index (χ1n) is 9.96. The fourth-order valence-electron chi connectivity index (χ4n) is 3.05. The Hall–Kier alpha value is -1.17. The van der Waals surface area contributed by atoms with E-state index in [2.05, 4.69) is 17.7 Å². The van der Waals surface area contributed by atoms with Crippen molar-refractivity contribution in [2.75, 3.05) is 7.11 Å². The van der Waals surface area contributed by atoms with Crippen molar-refractivity contribution in [3.05, 3.63) is 24.3 Å². The number of aliphatic hydroxyl groups is 2. The van der Waals surface area contributed by atoms with Crippen molar-refractivity contribution in [2.45, 2.75) is 95.5 Å². The zero-order chi connectivity index (χ0) is 19.2. The number of allylic oxidation sites excluding steroid dienone is 2. The van der Waals surface area contributed by atoms with Crippen LogP contribution in [0.2, 0.25) is 0 Å². The van der Waals surface area contributed by atoms with Crippen molar-refractivity contribution < 1.29 is 24.5 Å². The van der Waals surface area contributed by atoms with Crippen molar-refractivity contribution in [1.82, 2.24) is 0 Å². The standard InChI is InChI=1S/C21H36O5/c1-3-4-5-6-7-10-13-17(22)20-16-18(23)19(26-20)14-11-8-9-12-15-21(24)25-2/h7-8,10-11,17-20,22-23H,3-6,9,12-16H2,1-2H3/t17?,18?,19-,20-/m0/s1. The van der Waals surface area contributed by atoms with Crippen LogP contribution in [0.3, 0.4) is 0 Å². The summed E-state index contributed by atoms with van der Waals surface area (Å²) in [5.41, 5.74) is 0. The van der Waals surface area contributed by atoms with Gasteiger partial charge in [0.25, 0.3) is 0 Å². The van der Waals surface area contributed by atoms with E-state index in [0.717, 1.165) is 19.3 Å². The highest BCUT2D eigenvalue weighted by Crippen LogP contribution is 2.26. The molecule has 5 nitrogen and oxygen atoms in total. The van der Waals surface area contributed by atoms with E-state index < -0.39 is 12.2 Å². The topological polar surface area (TPSA) is 76.0 Å². The highest BCUT2D eigenvalue weighted by atomic mass is 16.5. The van der Waals surface area contributed by atoms with Gasteiger partial charge < -0.3 is 19.7 Å². The molecule has 0 aromatic heterocycles. The van der Waals surface area contributed by atoms with Crippen molar-refractivity contribution in [1.29, 1.82) is 0 Å². The zero-order valence-electron chi connectivity index (χ0n) is 16.3. The number of carbonyl (C=O) groups is 1. The Morgan fingerprint density at radius 2 is 1.92 bits per heavy atom. The van der Waals surface area contributed by atoms with Crippen LogP contribution >= 0.6 is 0 Å². The van der Waals surface area contributed by atoms with Crippen LogP contribution in [0.25, 0.3) is 0 Å². The third-order valence-corrected chi connectivity index (χ3v) is 4.71. The van der Waals surface area contributed by atoms with Crippen molar-refractivity contribution >= 4 is 5.97 Å². The molecule has 0 saturated carbocycles. The van der Waals surface area contributed by atoms with Gasteiger partial charge in [-0.05, 0) is 38.5 Å². The van der Waals surface area contributed by atoms with Crippen LogP contribution in [-0.2, 0) is 14.3 Å². The molecule has 5 heteroatoms. The number of methoxy groups -OCH3 is 1. The largest absolute Gasteiger partial charge is 0.469 e. The minimum Gasteiger partial charge on any atom is -0.469 e. The second-order valence-corrected chi connectivity index (χ2v) is 6.96. The van der Waals surface area contributed by atoms with E-state index in [9.17, 15) is 15.0 Å². The maximum absolute atomic E-state index is 11.0. The summed E-state index contributed by atoms with van der Waals surface area (Å²) in [6, 6.07) is 0. The zero-order valence-corrected chi connectivity index (χ0v) is 16.3. The number of carbonyl (C=O) groups excluding carboxylic acids is 1. The van der Waals surface area contributed by atoms with Gasteiger partial charge in [-0.3, -0.25) is 4.79 Å². The second kappa shape index (κ2) is 14.0. The molecule has 0 aromatic carbocycles. The van der Waals surface area contributed by atoms with Gasteiger partial charge in [-0.2, -0.15) is 0 Å². The van der Waals surface area contributed by atoms with Gasteiger partial charge in [0.15, 0.2) is 0 Å². The summed E-state index contributed by atoms with van der Waals surface area (Å²) in [5.74, 6) is -0.191. The molecule has 0 bridgehead atoms. The molecular formula is C21H36O5. The molecule has 26 heavy (non-hydrogen) atoms. The SMILES string of the molecule is CCCCCC=CCC(O)[C@@H]1CC(O)[C@H](CC=CCCCC(=O)OC)O1. The number of unbranched alkanes of at least 4 members (excludes halogenated alkanes) is 4. The first kappa shape index (κ1) is 22.9. The molecule has 1 heterocycles. The second-order valence-electron chi connectivity index (χ2n) is 6.96. The van der Waals surface area contributed by atoms with Gasteiger partial charge >= 0.3 is 5.97 Å². The smallest absolute Gasteiger partial charge is 0.305 e. The van der Waals surface area contributed by atoms with Crippen LogP contribution in [0, 0.1) is 0 Å². The van der Waals surface area contributed by atoms with E-state index in [1.54, 1.807) is 0 Å². The third kappa shape index (κ3) is 9.51. The van der Waals surface area contributed by atoms with Gasteiger partial charge in [0, 0.05) is 12.8 Å². The van der Waals surface area contributed by atoms with Crippen molar-refractivity contribution in [2.24, 2.45) is 0 Å². The number of hydrogen-bond acceptors (Lipinski definition) is 5. The van der Waals surface area contributed by atoms with Gasteiger partial charge in [0.1, 0.15) is 0 Å². The normalized spacial score (nSPS) is 24.5. The summed E-state index contributed by atoms with van der Waals surface area (Å²) in [6.07, 6.45) is 14.8. The summed E-state index contributed by atoms with van der Waals surface area (Å²) in [6.45, 7) is 2.18. The summed E-state index contributed by atoms with van der Waals surface area (Å²) in [5, 5.41) is 20.4. The molecule has 2 unspecified atom stereocenters. The Morgan fingerprint density at radius 1 is 1.19 bits per heavy atom. The number of ether oxygens (including phenoxy) is 2. The Morgan fingerprint density at radius 3 is 2.65 bits per heavy atom. The average molecular weight is 369 g/mol. The molecule has 0 radical (unpaired) electrons. The lowest BCUT2D eigenvalue weighted by Crippen LogP contribution is -2.25. The van der Waals surface area contributed by atoms with Crippen LogP contribution in [0.1, 0.15) is 71.1 Å². The van der Waals surface area contributed by atoms with Crippen LogP contribution < -0.4 is 0 Å². The molecule has 0 aromatic rings. The first-order valence-corrected chi connectivity index (χ1v) is 9.96. The van der Waals surface area contributed by atoms with E-state index >= 15 is 0 Å². The Kier molecular flexibility index (Phi) is 12.3.